The summed E-state index contributed by atoms with van der Waals surface area (Å²) in [6.45, 7) is 19.8. The lowest BCUT2D eigenvalue weighted by Crippen LogP contribution is -2.35. The average molecular weight is 312 g/mol. The lowest BCUT2D eigenvalue weighted by molar-refractivity contribution is 0.418. The molecule has 0 aliphatic heterocycles. The summed E-state index contributed by atoms with van der Waals surface area (Å²) in [6.07, 6.45) is 0. The highest BCUT2D eigenvalue weighted by molar-refractivity contribution is 7.15. The normalized spacial score (nSPS) is 13.0. The fourth-order valence-corrected chi connectivity index (χ4v) is 3.33. The van der Waals surface area contributed by atoms with E-state index in [1.807, 2.05) is 11.3 Å². The lowest BCUT2D eigenvalue weighted by Gasteiger charge is -2.26. The second-order valence-electron chi connectivity index (χ2n) is 8.48. The van der Waals surface area contributed by atoms with Crippen LogP contribution >= 0.6 is 11.3 Å². The average Bonchev–Trinajstić information content (AvgIpc) is 2.67. The van der Waals surface area contributed by atoms with Gasteiger partial charge in [-0.2, -0.15) is 0 Å². The molecule has 1 N–H and O–H groups in total. The number of aromatic nitrogens is 1. The molecule has 1 heterocycles. The zero-order valence-electron chi connectivity index (χ0n) is 15.3. The van der Waals surface area contributed by atoms with Crippen LogP contribution in [0.2, 0.25) is 0 Å². The molecule has 0 radical (unpaired) electrons. The lowest BCUT2D eigenvalue weighted by atomic mass is 9.96. The summed E-state index contributed by atoms with van der Waals surface area (Å²) in [6, 6.07) is 0. The maximum absolute atomic E-state index is 4.90. The molecule has 0 unspecified atom stereocenters. The summed E-state index contributed by atoms with van der Waals surface area (Å²) in [7, 11) is 2.15. The van der Waals surface area contributed by atoms with Crippen LogP contribution in [-0.2, 0) is 6.54 Å². The Morgan fingerprint density at radius 2 is 1.71 bits per heavy atom. The smallest absolute Gasteiger partial charge is 0.185 e. The van der Waals surface area contributed by atoms with E-state index < -0.39 is 0 Å². The predicted molar refractivity (Wildman–Crippen MR) is 95.5 cm³/mol. The van der Waals surface area contributed by atoms with Crippen molar-refractivity contribution in [3.63, 3.8) is 0 Å². The van der Waals surface area contributed by atoms with E-state index in [1.165, 1.54) is 10.6 Å². The largest absolute Gasteiger partial charge is 0.351 e. The first-order valence-electron chi connectivity index (χ1n) is 7.85. The molecule has 122 valence electrons. The van der Waals surface area contributed by atoms with Gasteiger partial charge in [-0.15, -0.1) is 11.3 Å². The van der Waals surface area contributed by atoms with Crippen LogP contribution in [0.1, 0.15) is 71.9 Å². The molecule has 3 nitrogen and oxygen atoms in total. The first-order chi connectivity index (χ1) is 9.39. The molecule has 21 heavy (non-hydrogen) atoms. The number of rotatable bonds is 5. The molecule has 4 heteroatoms. The second kappa shape index (κ2) is 6.66. The summed E-state index contributed by atoms with van der Waals surface area (Å²) in [5, 5.41) is 4.72. The Balaban J connectivity index is 2.93. The molecule has 0 aromatic carbocycles. The van der Waals surface area contributed by atoms with Crippen molar-refractivity contribution in [2.24, 2.45) is 5.41 Å². The van der Waals surface area contributed by atoms with Gasteiger partial charge in [-0.1, -0.05) is 34.6 Å². The van der Waals surface area contributed by atoms with Crippen molar-refractivity contribution in [2.75, 3.05) is 18.5 Å². The van der Waals surface area contributed by atoms with Gasteiger partial charge in [0, 0.05) is 30.6 Å². The molecular formula is C17H33N3S. The molecule has 1 rings (SSSR count). The Morgan fingerprint density at radius 1 is 1.14 bits per heavy atom. The summed E-state index contributed by atoms with van der Waals surface area (Å²) < 4.78 is 0. The second-order valence-corrected chi connectivity index (χ2v) is 9.54. The van der Waals surface area contributed by atoms with Crippen LogP contribution in [0.25, 0.3) is 0 Å². The number of anilines is 1. The molecule has 0 aliphatic rings. The Kier molecular flexibility index (Phi) is 5.84. The number of hydrogen-bond donors (Lipinski definition) is 1. The number of thiazole rings is 1. The maximum Gasteiger partial charge on any atom is 0.185 e. The highest BCUT2D eigenvalue weighted by atomic mass is 32.1. The monoisotopic (exact) mass is 311 g/mol. The van der Waals surface area contributed by atoms with Gasteiger partial charge in [0.1, 0.15) is 0 Å². The van der Waals surface area contributed by atoms with Gasteiger partial charge in [0.25, 0.3) is 0 Å². The van der Waals surface area contributed by atoms with E-state index in [0.717, 1.165) is 18.2 Å². The van der Waals surface area contributed by atoms with Crippen molar-refractivity contribution < 1.29 is 0 Å². The number of nitrogens with one attached hydrogen (secondary N) is 1. The third-order valence-electron chi connectivity index (χ3n) is 3.08. The Labute approximate surface area is 135 Å². The molecule has 0 spiro atoms. The van der Waals surface area contributed by atoms with Crippen LogP contribution < -0.4 is 10.2 Å². The first-order valence-corrected chi connectivity index (χ1v) is 8.66. The Hall–Kier alpha value is -0.610. The van der Waals surface area contributed by atoms with Gasteiger partial charge in [0.2, 0.25) is 0 Å². The summed E-state index contributed by atoms with van der Waals surface area (Å²) in [5.74, 6) is 0.467. The summed E-state index contributed by atoms with van der Waals surface area (Å²) in [5.41, 5.74) is 1.66. The highest BCUT2D eigenvalue weighted by Gasteiger charge is 2.21. The van der Waals surface area contributed by atoms with Gasteiger partial charge >= 0.3 is 0 Å². The molecule has 0 bridgehead atoms. The van der Waals surface area contributed by atoms with E-state index in [1.54, 1.807) is 0 Å². The third kappa shape index (κ3) is 6.35. The van der Waals surface area contributed by atoms with Gasteiger partial charge < -0.3 is 10.2 Å². The number of nitrogens with zero attached hydrogens (tertiary/aromatic N) is 2. The Morgan fingerprint density at radius 3 is 2.14 bits per heavy atom. The minimum Gasteiger partial charge on any atom is -0.351 e. The van der Waals surface area contributed by atoms with Crippen molar-refractivity contribution in [3.05, 3.63) is 10.6 Å². The first kappa shape index (κ1) is 18.4. The van der Waals surface area contributed by atoms with E-state index in [9.17, 15) is 0 Å². The molecule has 0 saturated heterocycles. The topological polar surface area (TPSA) is 28.2 Å². The highest BCUT2D eigenvalue weighted by Crippen LogP contribution is 2.32. The SMILES string of the molecule is CC(C)c1nc(N(C)CC(C)(C)C)sc1CNC(C)(C)C. The van der Waals surface area contributed by atoms with Crippen LogP contribution in [-0.4, -0.2) is 24.1 Å². The standard InChI is InChI=1S/C17H33N3S/c1-12(2)14-13(10-18-17(6,7)8)21-15(19-14)20(9)11-16(3,4)5/h12,18H,10-11H2,1-9H3. The van der Waals surface area contributed by atoms with E-state index in [2.05, 4.69) is 72.7 Å². The van der Waals surface area contributed by atoms with Crippen molar-refractivity contribution in [3.8, 4) is 0 Å². The molecule has 1 aromatic heterocycles. The van der Waals surface area contributed by atoms with E-state index in [0.29, 0.717) is 5.92 Å². The number of hydrogen-bond acceptors (Lipinski definition) is 4. The van der Waals surface area contributed by atoms with Crippen LogP contribution in [0.5, 0.6) is 0 Å². The molecule has 0 amide bonds. The zero-order chi connectivity index (χ0) is 16.4. The van der Waals surface area contributed by atoms with Gasteiger partial charge in [-0.3, -0.25) is 0 Å². The fraction of sp³-hybridized carbons (Fsp3) is 0.824. The fourth-order valence-electron chi connectivity index (χ4n) is 2.22. The zero-order valence-corrected chi connectivity index (χ0v) is 16.1. The van der Waals surface area contributed by atoms with E-state index in [-0.39, 0.29) is 11.0 Å². The van der Waals surface area contributed by atoms with Crippen LogP contribution in [0.4, 0.5) is 5.13 Å². The van der Waals surface area contributed by atoms with Crippen molar-refractivity contribution in [2.45, 2.75) is 73.4 Å². The molecular weight excluding hydrogens is 278 g/mol. The van der Waals surface area contributed by atoms with Crippen LogP contribution in [0, 0.1) is 5.41 Å². The minimum absolute atomic E-state index is 0.135. The van der Waals surface area contributed by atoms with Crippen molar-refractivity contribution in [1.82, 2.24) is 10.3 Å². The Bertz CT molecular complexity index is 450. The molecule has 1 aromatic rings. The minimum atomic E-state index is 0.135. The predicted octanol–water partition coefficient (Wildman–Crippen LogP) is 4.64. The van der Waals surface area contributed by atoms with Crippen LogP contribution in [0.15, 0.2) is 0 Å². The van der Waals surface area contributed by atoms with E-state index >= 15 is 0 Å². The van der Waals surface area contributed by atoms with Gasteiger partial charge in [0.05, 0.1) is 5.69 Å². The molecule has 0 fully saturated rings. The van der Waals surface area contributed by atoms with Crippen LogP contribution in [0.3, 0.4) is 0 Å². The summed E-state index contributed by atoms with van der Waals surface area (Å²) >= 11 is 1.83. The van der Waals surface area contributed by atoms with Gasteiger partial charge in [-0.25, -0.2) is 4.98 Å². The molecule has 0 aliphatic carbocycles. The summed E-state index contributed by atoms with van der Waals surface area (Å²) in [4.78, 5) is 8.56. The maximum atomic E-state index is 4.90. The third-order valence-corrected chi connectivity index (χ3v) is 4.27. The van der Waals surface area contributed by atoms with E-state index in [4.69, 9.17) is 4.98 Å². The van der Waals surface area contributed by atoms with Gasteiger partial charge in [-0.05, 0) is 32.1 Å². The van der Waals surface area contributed by atoms with Gasteiger partial charge in [0.15, 0.2) is 5.13 Å². The van der Waals surface area contributed by atoms with Crippen molar-refractivity contribution >= 4 is 16.5 Å². The van der Waals surface area contributed by atoms with Crippen molar-refractivity contribution in [1.29, 1.82) is 0 Å². The molecule has 0 saturated carbocycles. The quantitative estimate of drug-likeness (QED) is 0.859. The molecule has 0 atom stereocenters.